The maximum absolute atomic E-state index is 12.8. The maximum atomic E-state index is 12.8. The van der Waals surface area contributed by atoms with E-state index < -0.39 is 43.7 Å². The number of aliphatic carboxylic acids is 1. The Bertz CT molecular complexity index is 1160. The quantitative estimate of drug-likeness (QED) is 0.138. The number of carboxylic acids is 1. The zero-order valence-electron chi connectivity index (χ0n) is 18.0. The molecule has 0 aliphatic carbocycles. The van der Waals surface area contributed by atoms with Gasteiger partial charge in [0.05, 0.1) is 17.2 Å². The van der Waals surface area contributed by atoms with E-state index in [4.69, 9.17) is 32.6 Å². The zero-order valence-corrected chi connectivity index (χ0v) is 19.5. The average Bonchev–Trinajstić information content (AvgIpc) is 2.75. The van der Waals surface area contributed by atoms with Gasteiger partial charge in [-0.25, -0.2) is 8.42 Å². The molecule has 2 aromatic rings. The van der Waals surface area contributed by atoms with Gasteiger partial charge < -0.3 is 26.1 Å². The number of carboxylic acid groups (broad SMARTS) is 1. The number of guanidine groups is 1. The second-order valence-corrected chi connectivity index (χ2v) is 9.14. The van der Waals surface area contributed by atoms with Crippen LogP contribution in [0.25, 0.3) is 0 Å². The SMILES string of the molecule is NC(N)=NOCCCOc1ccc(CC(NS(=O)(=O)c2ccc(C(F)(F)F)cc2Cl)C(=O)O)cc1. The van der Waals surface area contributed by atoms with Crippen molar-refractivity contribution in [2.45, 2.75) is 30.0 Å². The van der Waals surface area contributed by atoms with Gasteiger partial charge in [-0.15, -0.1) is 0 Å². The van der Waals surface area contributed by atoms with E-state index in [2.05, 4.69) is 5.16 Å². The summed E-state index contributed by atoms with van der Waals surface area (Å²) >= 11 is 5.74. The number of nitrogens with two attached hydrogens (primary N) is 2. The monoisotopic (exact) mass is 538 g/mol. The minimum Gasteiger partial charge on any atom is -0.493 e. The first-order valence-electron chi connectivity index (χ1n) is 9.84. The molecule has 0 aliphatic heterocycles. The van der Waals surface area contributed by atoms with Crippen molar-refractivity contribution in [3.8, 4) is 5.75 Å². The fourth-order valence-corrected chi connectivity index (χ4v) is 4.45. The first-order chi connectivity index (χ1) is 16.3. The van der Waals surface area contributed by atoms with Gasteiger partial charge in [0.15, 0.2) is 0 Å². The summed E-state index contributed by atoms with van der Waals surface area (Å²) in [7, 11) is -4.54. The fourth-order valence-electron chi connectivity index (χ4n) is 2.72. The van der Waals surface area contributed by atoms with Crippen molar-refractivity contribution >= 4 is 33.6 Å². The largest absolute Gasteiger partial charge is 0.493 e. The molecule has 0 fully saturated rings. The third kappa shape index (κ3) is 8.81. The van der Waals surface area contributed by atoms with Crippen molar-refractivity contribution in [3.63, 3.8) is 0 Å². The third-order valence-electron chi connectivity index (χ3n) is 4.33. The molecule has 0 saturated heterocycles. The second-order valence-electron chi connectivity index (χ2n) is 7.05. The highest BCUT2D eigenvalue weighted by molar-refractivity contribution is 7.89. The van der Waals surface area contributed by atoms with Gasteiger partial charge in [-0.3, -0.25) is 4.79 Å². The Morgan fingerprint density at radius 2 is 1.80 bits per heavy atom. The van der Waals surface area contributed by atoms with Crippen LogP contribution >= 0.6 is 11.6 Å². The lowest BCUT2D eigenvalue weighted by Gasteiger charge is -2.16. The molecule has 15 heteroatoms. The Kier molecular flexibility index (Phi) is 9.56. The molecule has 10 nitrogen and oxygen atoms in total. The lowest BCUT2D eigenvalue weighted by atomic mass is 10.1. The van der Waals surface area contributed by atoms with Crippen molar-refractivity contribution in [2.75, 3.05) is 13.2 Å². The number of hydrogen-bond acceptors (Lipinski definition) is 6. The van der Waals surface area contributed by atoms with Crippen LogP contribution in [-0.2, 0) is 32.3 Å². The number of nitrogens with one attached hydrogen (secondary N) is 1. The van der Waals surface area contributed by atoms with Crippen LogP contribution in [0.3, 0.4) is 0 Å². The highest BCUT2D eigenvalue weighted by Gasteiger charge is 2.33. The van der Waals surface area contributed by atoms with E-state index in [-0.39, 0.29) is 25.6 Å². The summed E-state index contributed by atoms with van der Waals surface area (Å²) in [5.74, 6) is -1.22. The molecule has 0 spiro atoms. The van der Waals surface area contributed by atoms with Crippen molar-refractivity contribution in [1.29, 1.82) is 0 Å². The molecule has 2 aromatic carbocycles. The topological polar surface area (TPSA) is 166 Å². The molecule has 35 heavy (non-hydrogen) atoms. The molecule has 1 unspecified atom stereocenters. The Morgan fingerprint density at radius 1 is 1.14 bits per heavy atom. The van der Waals surface area contributed by atoms with E-state index in [1.807, 2.05) is 4.72 Å². The van der Waals surface area contributed by atoms with Crippen LogP contribution < -0.4 is 20.9 Å². The highest BCUT2D eigenvalue weighted by atomic mass is 35.5. The third-order valence-corrected chi connectivity index (χ3v) is 6.28. The van der Waals surface area contributed by atoms with Crippen LogP contribution in [0.15, 0.2) is 52.5 Å². The molecule has 0 aromatic heterocycles. The number of rotatable bonds is 12. The Hall–Kier alpha value is -3.23. The summed E-state index contributed by atoms with van der Waals surface area (Å²) < 4.78 is 71.1. The van der Waals surface area contributed by atoms with E-state index in [9.17, 15) is 31.5 Å². The number of nitrogens with zero attached hydrogens (tertiary/aromatic N) is 1. The van der Waals surface area contributed by atoms with Gasteiger partial charge in [-0.1, -0.05) is 23.7 Å². The van der Waals surface area contributed by atoms with Crippen LogP contribution in [0.5, 0.6) is 5.75 Å². The van der Waals surface area contributed by atoms with Gasteiger partial charge in [0, 0.05) is 6.42 Å². The van der Waals surface area contributed by atoms with Gasteiger partial charge in [-0.2, -0.15) is 17.9 Å². The number of hydrogen-bond donors (Lipinski definition) is 4. The zero-order chi connectivity index (χ0) is 26.2. The minimum absolute atomic E-state index is 0.203. The smallest absolute Gasteiger partial charge is 0.416 e. The summed E-state index contributed by atoms with van der Waals surface area (Å²) in [6.07, 6.45) is -4.49. The lowest BCUT2D eigenvalue weighted by Crippen LogP contribution is -2.42. The van der Waals surface area contributed by atoms with Crippen molar-refractivity contribution < 1.29 is 41.1 Å². The minimum atomic E-state index is -4.72. The normalized spacial score (nSPS) is 12.6. The predicted molar refractivity (Wildman–Crippen MR) is 120 cm³/mol. The number of benzene rings is 2. The van der Waals surface area contributed by atoms with Crippen LogP contribution in [0.1, 0.15) is 17.5 Å². The summed E-state index contributed by atoms with van der Waals surface area (Å²) in [6.45, 7) is 0.504. The van der Waals surface area contributed by atoms with Crippen LogP contribution in [0.4, 0.5) is 13.2 Å². The van der Waals surface area contributed by atoms with Crippen molar-refractivity contribution in [1.82, 2.24) is 4.72 Å². The van der Waals surface area contributed by atoms with Gasteiger partial charge in [0.1, 0.15) is 23.3 Å². The number of halogens is 4. The molecule has 2 rings (SSSR count). The summed E-state index contributed by atoms with van der Waals surface area (Å²) in [5.41, 5.74) is 9.54. The first-order valence-corrected chi connectivity index (χ1v) is 11.7. The molecule has 0 aliphatic rings. The number of oxime groups is 1. The van der Waals surface area contributed by atoms with E-state index in [1.54, 1.807) is 24.3 Å². The molecule has 0 amide bonds. The number of carbonyl (C=O) groups is 1. The second kappa shape index (κ2) is 12.0. The van der Waals surface area contributed by atoms with Gasteiger partial charge in [-0.05, 0) is 47.5 Å². The Balaban J connectivity index is 2.02. The van der Waals surface area contributed by atoms with Gasteiger partial charge in [0.2, 0.25) is 16.0 Å². The molecule has 0 bridgehead atoms. The first kappa shape index (κ1) is 28.0. The summed E-state index contributed by atoms with van der Waals surface area (Å²) in [6, 6.07) is 6.26. The molecular formula is C20H22ClF3N4O6S. The van der Waals surface area contributed by atoms with E-state index in [0.29, 0.717) is 35.9 Å². The summed E-state index contributed by atoms with van der Waals surface area (Å²) in [5, 5.41) is 12.1. The molecule has 192 valence electrons. The predicted octanol–water partition coefficient (Wildman–Crippen LogP) is 2.31. The van der Waals surface area contributed by atoms with Crippen LogP contribution in [0, 0.1) is 0 Å². The number of alkyl halides is 3. The van der Waals surface area contributed by atoms with Crippen molar-refractivity contribution in [2.24, 2.45) is 16.6 Å². The molecule has 0 saturated carbocycles. The number of ether oxygens (including phenoxy) is 1. The van der Waals surface area contributed by atoms with Gasteiger partial charge in [0.25, 0.3) is 0 Å². The van der Waals surface area contributed by atoms with Crippen molar-refractivity contribution in [3.05, 3.63) is 58.6 Å². The van der Waals surface area contributed by atoms with E-state index in [0.717, 1.165) is 0 Å². The van der Waals surface area contributed by atoms with E-state index >= 15 is 0 Å². The standard InChI is InChI=1S/C20H22ClF3N4O6S/c21-15-11-13(20(22,23)24)4-7-17(15)35(31,32)28-16(18(29)30)10-12-2-5-14(6-3-12)33-8-1-9-34-27-19(25)26/h2-7,11,16,28H,1,8-10H2,(H,29,30)(H4,25,26,27). The van der Waals surface area contributed by atoms with Gasteiger partial charge >= 0.3 is 12.1 Å². The highest BCUT2D eigenvalue weighted by Crippen LogP contribution is 2.33. The van der Waals surface area contributed by atoms with Crippen LogP contribution in [-0.4, -0.2) is 44.7 Å². The molecule has 6 N–H and O–H groups in total. The maximum Gasteiger partial charge on any atom is 0.416 e. The molecular weight excluding hydrogens is 517 g/mol. The summed E-state index contributed by atoms with van der Waals surface area (Å²) in [4.78, 5) is 15.8. The number of sulfonamides is 1. The molecule has 0 radical (unpaired) electrons. The molecule has 1 atom stereocenters. The average molecular weight is 539 g/mol. The molecule has 0 heterocycles. The lowest BCUT2D eigenvalue weighted by molar-refractivity contribution is -0.139. The Labute approximate surface area is 203 Å². The van der Waals surface area contributed by atoms with Crippen LogP contribution in [0.2, 0.25) is 5.02 Å². The Morgan fingerprint density at radius 3 is 2.34 bits per heavy atom. The fraction of sp³-hybridized carbons (Fsp3) is 0.300. The van der Waals surface area contributed by atoms with E-state index in [1.165, 1.54) is 0 Å².